The Kier molecular flexibility index (Phi) is 5.14. The Balaban J connectivity index is 1.81. The van der Waals surface area contributed by atoms with Crippen LogP contribution in [0.3, 0.4) is 0 Å². The zero-order valence-electron chi connectivity index (χ0n) is 13.2. The number of carboxylic acids is 1. The smallest absolute Gasteiger partial charge is 0.358 e. The van der Waals surface area contributed by atoms with Crippen molar-refractivity contribution in [2.75, 3.05) is 5.32 Å². The number of anilines is 1. The molecule has 0 radical (unpaired) electrons. The number of hydrogen-bond acceptors (Lipinski definition) is 7. The number of aromatic amines is 1. The highest BCUT2D eigenvalue weighted by atomic mass is 32.1. The molecule has 8 nitrogen and oxygen atoms in total. The minimum Gasteiger partial charge on any atom is -0.501 e. The molecule has 0 atom stereocenters. The van der Waals surface area contributed by atoms with Gasteiger partial charge in [-0.2, -0.15) is 11.3 Å². The summed E-state index contributed by atoms with van der Waals surface area (Å²) in [5.74, 6) is -2.73. The number of aromatic nitrogens is 2. The minimum atomic E-state index is -1.52. The third-order valence-electron chi connectivity index (χ3n) is 3.47. The van der Waals surface area contributed by atoms with Gasteiger partial charge in [0.2, 0.25) is 11.7 Å². The van der Waals surface area contributed by atoms with Crippen molar-refractivity contribution in [1.82, 2.24) is 9.97 Å². The van der Waals surface area contributed by atoms with Crippen LogP contribution in [0.1, 0.15) is 22.5 Å². The van der Waals surface area contributed by atoms with Crippen LogP contribution in [-0.4, -0.2) is 32.1 Å². The number of rotatable bonds is 6. The van der Waals surface area contributed by atoms with Gasteiger partial charge in [-0.1, -0.05) is 0 Å². The normalized spacial score (nSPS) is 10.6. The van der Waals surface area contributed by atoms with E-state index in [1.54, 1.807) is 22.8 Å². The number of aromatic carboxylic acids is 1. The lowest BCUT2D eigenvalue weighted by molar-refractivity contribution is -0.116. The lowest BCUT2D eigenvalue weighted by atomic mass is 10.2. The molecule has 0 spiro atoms. The summed E-state index contributed by atoms with van der Waals surface area (Å²) in [4.78, 5) is 41.5. The van der Waals surface area contributed by atoms with E-state index in [4.69, 9.17) is 5.11 Å². The molecule has 134 valence electrons. The first kappa shape index (κ1) is 17.8. The molecule has 4 N–H and O–H groups in total. The molecule has 0 aliphatic rings. The summed E-state index contributed by atoms with van der Waals surface area (Å²) < 4.78 is 0. The quantitative estimate of drug-likeness (QED) is 0.510. The maximum atomic E-state index is 12.2. The maximum absolute atomic E-state index is 12.2. The highest BCUT2D eigenvalue weighted by Gasteiger charge is 2.20. The first-order valence-corrected chi connectivity index (χ1v) is 9.23. The maximum Gasteiger partial charge on any atom is 0.358 e. The van der Waals surface area contributed by atoms with Crippen molar-refractivity contribution in [1.29, 1.82) is 0 Å². The fourth-order valence-electron chi connectivity index (χ4n) is 2.22. The van der Waals surface area contributed by atoms with Gasteiger partial charge in [0, 0.05) is 6.42 Å². The fourth-order valence-corrected chi connectivity index (χ4v) is 3.72. The fraction of sp³-hybridized carbons (Fsp3) is 0.125. The summed E-state index contributed by atoms with van der Waals surface area (Å²) in [6.07, 6.45) is 0.887. The Hall–Kier alpha value is -2.98. The Morgan fingerprint density at radius 1 is 1.27 bits per heavy atom. The van der Waals surface area contributed by atoms with Gasteiger partial charge in [-0.15, -0.1) is 11.3 Å². The van der Waals surface area contributed by atoms with E-state index < -0.39 is 23.0 Å². The van der Waals surface area contributed by atoms with E-state index in [-0.39, 0.29) is 18.2 Å². The summed E-state index contributed by atoms with van der Waals surface area (Å²) in [6, 6.07) is 3.59. The van der Waals surface area contributed by atoms with Crippen LogP contribution in [0.25, 0.3) is 10.7 Å². The standard InChI is InChI=1S/C16H13N3O5S2/c20-10(2-1-8-3-5-25-7-8)17-9-4-6-26-13(9)14-18-11(16(23)24)12(21)15(22)19-14/h3-7,21H,1-2H2,(H,17,20)(H,23,24)(H,18,19,22). The molecule has 0 unspecified atom stereocenters. The van der Waals surface area contributed by atoms with E-state index in [1.807, 2.05) is 16.8 Å². The molecule has 0 saturated heterocycles. The molecule has 0 saturated carbocycles. The van der Waals surface area contributed by atoms with Crippen LogP contribution in [0.15, 0.2) is 33.1 Å². The number of aromatic hydroxyl groups is 1. The van der Waals surface area contributed by atoms with Gasteiger partial charge < -0.3 is 20.5 Å². The van der Waals surface area contributed by atoms with Crippen LogP contribution < -0.4 is 10.9 Å². The molecule has 0 fully saturated rings. The molecular formula is C16H13N3O5S2. The number of hydrogen-bond donors (Lipinski definition) is 4. The predicted molar refractivity (Wildman–Crippen MR) is 98.1 cm³/mol. The molecule has 0 aliphatic carbocycles. The van der Waals surface area contributed by atoms with Crippen molar-refractivity contribution < 1.29 is 19.8 Å². The number of aryl methyl sites for hydroxylation is 1. The molecule has 1 amide bonds. The summed E-state index contributed by atoms with van der Waals surface area (Å²) in [7, 11) is 0. The van der Waals surface area contributed by atoms with Gasteiger partial charge in [0.25, 0.3) is 5.56 Å². The minimum absolute atomic E-state index is 0.0339. The van der Waals surface area contributed by atoms with E-state index in [1.165, 1.54) is 11.3 Å². The monoisotopic (exact) mass is 391 g/mol. The van der Waals surface area contributed by atoms with E-state index in [9.17, 15) is 19.5 Å². The number of thiophene rings is 2. The number of carbonyl (C=O) groups is 2. The molecule has 26 heavy (non-hydrogen) atoms. The second-order valence-corrected chi connectivity index (χ2v) is 6.96. The van der Waals surface area contributed by atoms with Gasteiger partial charge in [-0.05, 0) is 40.3 Å². The van der Waals surface area contributed by atoms with Gasteiger partial charge in [-0.3, -0.25) is 9.59 Å². The lowest BCUT2D eigenvalue weighted by Gasteiger charge is -2.07. The van der Waals surface area contributed by atoms with E-state index in [2.05, 4.69) is 15.3 Å². The Morgan fingerprint density at radius 2 is 2.08 bits per heavy atom. The molecule has 3 rings (SSSR count). The number of nitrogens with one attached hydrogen (secondary N) is 2. The van der Waals surface area contributed by atoms with Crippen LogP contribution in [0.2, 0.25) is 0 Å². The van der Waals surface area contributed by atoms with Gasteiger partial charge >= 0.3 is 5.97 Å². The summed E-state index contributed by atoms with van der Waals surface area (Å²) >= 11 is 2.74. The summed E-state index contributed by atoms with van der Waals surface area (Å²) in [5.41, 5.74) is -0.218. The number of H-pyrrole nitrogens is 1. The molecule has 0 aromatic carbocycles. The molecule has 10 heteroatoms. The summed E-state index contributed by atoms with van der Waals surface area (Å²) in [6.45, 7) is 0. The van der Waals surface area contributed by atoms with Gasteiger partial charge in [0.1, 0.15) is 0 Å². The van der Waals surface area contributed by atoms with Crippen LogP contribution in [0, 0.1) is 0 Å². The van der Waals surface area contributed by atoms with Crippen molar-refractivity contribution in [3.63, 3.8) is 0 Å². The number of carbonyl (C=O) groups excluding carboxylic acids is 1. The van der Waals surface area contributed by atoms with E-state index >= 15 is 0 Å². The number of carboxylic acid groups (broad SMARTS) is 1. The highest BCUT2D eigenvalue weighted by Crippen LogP contribution is 2.31. The van der Waals surface area contributed by atoms with E-state index in [0.29, 0.717) is 17.0 Å². The molecular weight excluding hydrogens is 378 g/mol. The average Bonchev–Trinajstić information content (AvgIpc) is 3.26. The van der Waals surface area contributed by atoms with E-state index in [0.717, 1.165) is 5.56 Å². The largest absolute Gasteiger partial charge is 0.501 e. The predicted octanol–water partition coefficient (Wildman–Crippen LogP) is 2.54. The van der Waals surface area contributed by atoms with Crippen molar-refractivity contribution in [3.05, 3.63) is 49.9 Å². The van der Waals surface area contributed by atoms with Crippen molar-refractivity contribution in [3.8, 4) is 16.5 Å². The first-order valence-electron chi connectivity index (χ1n) is 7.41. The molecule has 0 bridgehead atoms. The van der Waals surface area contributed by atoms with Crippen LogP contribution in [0.4, 0.5) is 5.69 Å². The van der Waals surface area contributed by atoms with Crippen molar-refractivity contribution in [2.45, 2.75) is 12.8 Å². The van der Waals surface area contributed by atoms with Gasteiger partial charge in [0.15, 0.2) is 11.5 Å². The third kappa shape index (κ3) is 3.81. The Labute approximate surface area is 154 Å². The number of amides is 1. The first-order chi connectivity index (χ1) is 12.5. The highest BCUT2D eigenvalue weighted by molar-refractivity contribution is 7.14. The average molecular weight is 391 g/mol. The summed E-state index contributed by atoms with van der Waals surface area (Å²) in [5, 5.41) is 26.9. The van der Waals surface area contributed by atoms with Crippen molar-refractivity contribution in [2.24, 2.45) is 0 Å². The van der Waals surface area contributed by atoms with Crippen molar-refractivity contribution >= 4 is 40.2 Å². The van der Waals surface area contributed by atoms with Crippen LogP contribution in [0.5, 0.6) is 5.75 Å². The number of nitrogens with zero attached hydrogens (tertiary/aromatic N) is 1. The van der Waals surface area contributed by atoms with Crippen LogP contribution >= 0.6 is 22.7 Å². The second kappa shape index (κ2) is 7.50. The van der Waals surface area contributed by atoms with Gasteiger partial charge in [-0.25, -0.2) is 9.78 Å². The zero-order chi connectivity index (χ0) is 18.7. The molecule has 3 aromatic rings. The molecule has 3 heterocycles. The van der Waals surface area contributed by atoms with Crippen LogP contribution in [-0.2, 0) is 11.2 Å². The SMILES string of the molecule is O=C(CCc1ccsc1)Nc1ccsc1-c1nc(C(=O)O)c(O)c(=O)[nH]1. The zero-order valence-corrected chi connectivity index (χ0v) is 14.8. The Bertz CT molecular complexity index is 1010. The Morgan fingerprint density at radius 3 is 2.77 bits per heavy atom. The second-order valence-electron chi connectivity index (χ2n) is 5.26. The topological polar surface area (TPSA) is 132 Å². The van der Waals surface area contributed by atoms with Gasteiger partial charge in [0.05, 0.1) is 10.6 Å². The molecule has 3 aromatic heterocycles. The molecule has 0 aliphatic heterocycles. The third-order valence-corrected chi connectivity index (χ3v) is 5.13. The lowest BCUT2D eigenvalue weighted by Crippen LogP contribution is -2.16.